The van der Waals surface area contributed by atoms with Gasteiger partial charge < -0.3 is 14.8 Å². The van der Waals surface area contributed by atoms with Gasteiger partial charge in [-0.1, -0.05) is 29.3 Å². The SMILES string of the molecule is Cc1cc(C)c(NC(=O)COc2ccc(S(=O)(=O)N3CCOCC3)cc2Cl)c(C)c1. The van der Waals surface area contributed by atoms with Crippen molar-refractivity contribution in [3.63, 3.8) is 0 Å². The van der Waals surface area contributed by atoms with Crippen LogP contribution >= 0.6 is 11.6 Å². The topological polar surface area (TPSA) is 84.9 Å². The Kier molecular flexibility index (Phi) is 7.02. The van der Waals surface area contributed by atoms with Gasteiger partial charge in [0.05, 0.1) is 23.1 Å². The molecule has 0 bridgehead atoms. The molecule has 162 valence electrons. The third kappa shape index (κ3) is 5.13. The van der Waals surface area contributed by atoms with Crippen LogP contribution in [0.15, 0.2) is 35.2 Å². The fourth-order valence-corrected chi connectivity index (χ4v) is 5.13. The Morgan fingerprint density at radius 3 is 2.37 bits per heavy atom. The highest BCUT2D eigenvalue weighted by atomic mass is 35.5. The molecular weight excluding hydrogens is 428 g/mol. The molecule has 2 aromatic carbocycles. The molecule has 9 heteroatoms. The monoisotopic (exact) mass is 452 g/mol. The minimum Gasteiger partial charge on any atom is -0.482 e. The number of benzene rings is 2. The number of sulfonamides is 1. The summed E-state index contributed by atoms with van der Waals surface area (Å²) in [6, 6.07) is 8.22. The molecule has 1 heterocycles. The van der Waals surface area contributed by atoms with Crippen molar-refractivity contribution < 1.29 is 22.7 Å². The number of morpholine rings is 1. The highest BCUT2D eigenvalue weighted by Gasteiger charge is 2.27. The molecule has 0 spiro atoms. The molecule has 2 aromatic rings. The zero-order valence-electron chi connectivity index (χ0n) is 17.2. The largest absolute Gasteiger partial charge is 0.482 e. The third-order valence-electron chi connectivity index (χ3n) is 4.81. The van der Waals surface area contributed by atoms with Gasteiger partial charge in [0.1, 0.15) is 5.75 Å². The zero-order chi connectivity index (χ0) is 21.9. The van der Waals surface area contributed by atoms with Crippen molar-refractivity contribution in [1.29, 1.82) is 0 Å². The Hall–Kier alpha value is -2.13. The number of rotatable bonds is 6. The fraction of sp³-hybridized carbons (Fsp3) is 0.381. The first-order valence-electron chi connectivity index (χ1n) is 9.56. The number of hydrogen-bond acceptors (Lipinski definition) is 5. The number of hydrogen-bond donors (Lipinski definition) is 1. The van der Waals surface area contributed by atoms with Gasteiger partial charge in [0.2, 0.25) is 10.0 Å². The van der Waals surface area contributed by atoms with Crippen LogP contribution in [-0.4, -0.2) is 51.5 Å². The molecule has 1 N–H and O–H groups in total. The molecule has 0 atom stereocenters. The van der Waals surface area contributed by atoms with E-state index in [9.17, 15) is 13.2 Å². The molecule has 1 saturated heterocycles. The van der Waals surface area contributed by atoms with E-state index in [-0.39, 0.29) is 28.2 Å². The maximum Gasteiger partial charge on any atom is 0.262 e. The lowest BCUT2D eigenvalue weighted by atomic mass is 10.1. The number of anilines is 1. The van der Waals surface area contributed by atoms with Gasteiger partial charge in [0, 0.05) is 18.8 Å². The van der Waals surface area contributed by atoms with Gasteiger partial charge in [-0.25, -0.2) is 8.42 Å². The number of nitrogens with one attached hydrogen (secondary N) is 1. The van der Waals surface area contributed by atoms with E-state index in [4.69, 9.17) is 21.1 Å². The second-order valence-corrected chi connectivity index (χ2v) is 9.56. The first-order valence-corrected chi connectivity index (χ1v) is 11.4. The number of aryl methyl sites for hydroxylation is 3. The minimum atomic E-state index is -3.65. The summed E-state index contributed by atoms with van der Waals surface area (Å²) in [6.45, 7) is 6.95. The first kappa shape index (κ1) is 22.6. The molecule has 1 amide bonds. The lowest BCUT2D eigenvalue weighted by Crippen LogP contribution is -2.40. The third-order valence-corrected chi connectivity index (χ3v) is 7.00. The Labute approximate surface area is 182 Å². The van der Waals surface area contributed by atoms with E-state index in [0.717, 1.165) is 22.4 Å². The molecule has 0 unspecified atom stereocenters. The van der Waals surface area contributed by atoms with Crippen molar-refractivity contribution in [1.82, 2.24) is 4.31 Å². The van der Waals surface area contributed by atoms with E-state index >= 15 is 0 Å². The van der Waals surface area contributed by atoms with Gasteiger partial charge in [0.25, 0.3) is 5.91 Å². The van der Waals surface area contributed by atoms with Gasteiger partial charge in [0.15, 0.2) is 6.61 Å². The molecular formula is C21H25ClN2O5S. The van der Waals surface area contributed by atoms with Crippen LogP contribution in [0.2, 0.25) is 5.02 Å². The Morgan fingerprint density at radius 1 is 1.13 bits per heavy atom. The summed E-state index contributed by atoms with van der Waals surface area (Å²) in [5.41, 5.74) is 3.82. The maximum absolute atomic E-state index is 12.7. The second-order valence-electron chi connectivity index (χ2n) is 7.22. The predicted molar refractivity (Wildman–Crippen MR) is 116 cm³/mol. The molecule has 0 aliphatic carbocycles. The van der Waals surface area contributed by atoms with Crippen molar-refractivity contribution in [3.8, 4) is 5.75 Å². The molecule has 1 aliphatic rings. The number of ether oxygens (including phenoxy) is 2. The summed E-state index contributed by atoms with van der Waals surface area (Å²) in [7, 11) is -3.65. The minimum absolute atomic E-state index is 0.0807. The molecule has 7 nitrogen and oxygen atoms in total. The van der Waals surface area contributed by atoms with Crippen LogP contribution < -0.4 is 10.1 Å². The molecule has 0 radical (unpaired) electrons. The van der Waals surface area contributed by atoms with E-state index in [1.54, 1.807) is 0 Å². The highest BCUT2D eigenvalue weighted by Crippen LogP contribution is 2.29. The number of carbonyl (C=O) groups excluding carboxylic acids is 1. The molecule has 0 saturated carbocycles. The van der Waals surface area contributed by atoms with E-state index in [0.29, 0.717) is 26.3 Å². The van der Waals surface area contributed by atoms with Crippen molar-refractivity contribution in [2.24, 2.45) is 0 Å². The van der Waals surface area contributed by atoms with Gasteiger partial charge in [-0.2, -0.15) is 4.31 Å². The smallest absolute Gasteiger partial charge is 0.262 e. The van der Waals surface area contributed by atoms with Crippen LogP contribution in [0.4, 0.5) is 5.69 Å². The molecule has 30 heavy (non-hydrogen) atoms. The lowest BCUT2D eigenvalue weighted by Gasteiger charge is -2.26. The van der Waals surface area contributed by atoms with E-state index < -0.39 is 10.0 Å². The first-order chi connectivity index (χ1) is 14.2. The number of carbonyl (C=O) groups is 1. The predicted octanol–water partition coefficient (Wildman–Crippen LogP) is 3.30. The van der Waals surface area contributed by atoms with Crippen LogP contribution in [-0.2, 0) is 19.6 Å². The quantitative estimate of drug-likeness (QED) is 0.726. The molecule has 1 fully saturated rings. The molecule has 1 aliphatic heterocycles. The Balaban J connectivity index is 1.66. The summed E-state index contributed by atoms with van der Waals surface area (Å²) >= 11 is 6.22. The summed E-state index contributed by atoms with van der Waals surface area (Å²) in [5, 5.41) is 2.98. The van der Waals surface area contributed by atoms with Gasteiger partial charge >= 0.3 is 0 Å². The Morgan fingerprint density at radius 2 is 1.77 bits per heavy atom. The summed E-state index contributed by atoms with van der Waals surface area (Å²) < 4.78 is 37.5. The zero-order valence-corrected chi connectivity index (χ0v) is 18.8. The standard InChI is InChI=1S/C21H25ClN2O5S/c1-14-10-15(2)21(16(3)11-14)23-20(25)13-29-19-5-4-17(12-18(19)22)30(26,27)24-6-8-28-9-7-24/h4-5,10-12H,6-9,13H2,1-3H3,(H,23,25). The van der Waals surface area contributed by atoms with Crippen LogP contribution in [0.25, 0.3) is 0 Å². The van der Waals surface area contributed by atoms with Crippen LogP contribution in [0.3, 0.4) is 0 Å². The number of amides is 1. The summed E-state index contributed by atoms with van der Waals surface area (Å²) in [5.74, 6) is -0.0868. The summed E-state index contributed by atoms with van der Waals surface area (Å²) in [6.07, 6.45) is 0. The van der Waals surface area contributed by atoms with Gasteiger partial charge in [-0.15, -0.1) is 0 Å². The van der Waals surface area contributed by atoms with Crippen molar-refractivity contribution in [3.05, 3.63) is 52.0 Å². The van der Waals surface area contributed by atoms with Crippen molar-refractivity contribution in [2.75, 3.05) is 38.2 Å². The van der Waals surface area contributed by atoms with Crippen LogP contribution in [0.1, 0.15) is 16.7 Å². The maximum atomic E-state index is 12.7. The van der Waals surface area contributed by atoms with E-state index in [1.807, 2.05) is 32.9 Å². The number of halogens is 1. The second kappa shape index (κ2) is 9.34. The van der Waals surface area contributed by atoms with Crippen LogP contribution in [0.5, 0.6) is 5.75 Å². The van der Waals surface area contributed by atoms with Crippen LogP contribution in [0, 0.1) is 20.8 Å². The molecule has 3 rings (SSSR count). The fourth-order valence-electron chi connectivity index (χ4n) is 3.39. The highest BCUT2D eigenvalue weighted by molar-refractivity contribution is 7.89. The lowest BCUT2D eigenvalue weighted by molar-refractivity contribution is -0.118. The average molecular weight is 453 g/mol. The van der Waals surface area contributed by atoms with Crippen molar-refractivity contribution >= 4 is 33.2 Å². The van der Waals surface area contributed by atoms with Gasteiger partial charge in [-0.3, -0.25) is 4.79 Å². The Bertz CT molecular complexity index is 1030. The summed E-state index contributed by atoms with van der Waals surface area (Å²) in [4.78, 5) is 12.4. The number of nitrogens with zero attached hydrogens (tertiary/aromatic N) is 1. The van der Waals surface area contributed by atoms with E-state index in [1.165, 1.54) is 22.5 Å². The van der Waals surface area contributed by atoms with E-state index in [2.05, 4.69) is 5.32 Å². The van der Waals surface area contributed by atoms with Crippen molar-refractivity contribution in [2.45, 2.75) is 25.7 Å². The van der Waals surface area contributed by atoms with Gasteiger partial charge in [-0.05, 0) is 50.1 Å². The molecule has 0 aromatic heterocycles. The average Bonchev–Trinajstić information content (AvgIpc) is 2.70. The normalized spacial score (nSPS) is 15.1.